The minimum Gasteiger partial charge on any atom is -0.507 e. The standard InChI is InChI=1S/C52H38N4O/c1-52(2,3)34-26-27-45(40(31-34)32-15-5-4-6-16-32)55-46-24-14-19-35(48(46)54-51(55)39-18-8-10-25-47(39)57)33-29-41-38-21-13-20-37-36-17-7-9-23-44(36)56(49(37)38)50(41)42(30-33)43-22-11-12-28-53-43/h4-31,57H,1-3H3. The first-order chi connectivity index (χ1) is 27.8. The van der Waals surface area contributed by atoms with Crippen LogP contribution in [-0.4, -0.2) is 24.0 Å². The monoisotopic (exact) mass is 734 g/mol. The van der Waals surface area contributed by atoms with Crippen LogP contribution in [-0.2, 0) is 5.41 Å². The van der Waals surface area contributed by atoms with Gasteiger partial charge >= 0.3 is 0 Å². The van der Waals surface area contributed by atoms with Crippen molar-refractivity contribution in [3.63, 3.8) is 0 Å². The number of para-hydroxylation sites is 4. The van der Waals surface area contributed by atoms with Crippen LogP contribution in [0, 0.1) is 0 Å². The molecule has 1 N–H and O–H groups in total. The molecule has 11 aromatic rings. The molecule has 0 fully saturated rings. The van der Waals surface area contributed by atoms with Crippen LogP contribution in [0.4, 0.5) is 0 Å². The summed E-state index contributed by atoms with van der Waals surface area (Å²) in [6.07, 6.45) is 1.87. The van der Waals surface area contributed by atoms with Crippen molar-refractivity contribution in [2.75, 3.05) is 0 Å². The number of phenols is 1. The van der Waals surface area contributed by atoms with Gasteiger partial charge in [-0.05, 0) is 82.8 Å². The van der Waals surface area contributed by atoms with Gasteiger partial charge < -0.3 is 9.51 Å². The number of hydrogen-bond acceptors (Lipinski definition) is 3. The first-order valence-corrected chi connectivity index (χ1v) is 19.5. The summed E-state index contributed by atoms with van der Waals surface area (Å²) in [5.74, 6) is 0.856. The molecule has 0 spiro atoms. The van der Waals surface area contributed by atoms with Crippen LogP contribution in [0.5, 0.6) is 5.75 Å². The van der Waals surface area contributed by atoms with E-state index in [0.717, 1.165) is 55.7 Å². The zero-order valence-electron chi connectivity index (χ0n) is 31.9. The number of aromatic hydroxyl groups is 1. The van der Waals surface area contributed by atoms with Gasteiger partial charge in [0, 0.05) is 44.4 Å². The Morgan fingerprint density at radius 1 is 0.509 bits per heavy atom. The molecule has 0 unspecified atom stereocenters. The average Bonchev–Trinajstić information content (AvgIpc) is 3.91. The molecule has 11 rings (SSSR count). The molecule has 272 valence electrons. The van der Waals surface area contributed by atoms with E-state index in [1.54, 1.807) is 6.07 Å². The van der Waals surface area contributed by atoms with Crippen LogP contribution in [0.15, 0.2) is 170 Å². The molecule has 0 bridgehead atoms. The summed E-state index contributed by atoms with van der Waals surface area (Å²) in [7, 11) is 0. The van der Waals surface area contributed by atoms with Gasteiger partial charge in [-0.3, -0.25) is 9.55 Å². The van der Waals surface area contributed by atoms with Crippen LogP contribution in [0.25, 0.3) is 99.7 Å². The summed E-state index contributed by atoms with van der Waals surface area (Å²) in [4.78, 5) is 10.4. The highest BCUT2D eigenvalue weighted by molar-refractivity contribution is 6.25. The topological polar surface area (TPSA) is 55.3 Å². The predicted molar refractivity (Wildman–Crippen MR) is 236 cm³/mol. The first kappa shape index (κ1) is 33.1. The van der Waals surface area contributed by atoms with E-state index in [9.17, 15) is 5.11 Å². The third kappa shape index (κ3) is 5.02. The quantitative estimate of drug-likeness (QED) is 0.192. The van der Waals surface area contributed by atoms with E-state index in [1.165, 1.54) is 38.1 Å². The van der Waals surface area contributed by atoms with E-state index in [1.807, 2.05) is 30.5 Å². The number of hydrogen-bond donors (Lipinski definition) is 1. The Labute approximate surface area is 330 Å². The lowest BCUT2D eigenvalue weighted by molar-refractivity contribution is 0.477. The Morgan fingerprint density at radius 2 is 1.21 bits per heavy atom. The molecular weight excluding hydrogens is 697 g/mol. The fourth-order valence-electron chi connectivity index (χ4n) is 8.89. The Morgan fingerprint density at radius 3 is 2.02 bits per heavy atom. The summed E-state index contributed by atoms with van der Waals surface area (Å²) in [5, 5.41) is 16.3. The number of pyridine rings is 1. The number of nitrogens with zero attached hydrogens (tertiary/aromatic N) is 4. The maximum absolute atomic E-state index is 11.4. The van der Waals surface area contributed by atoms with E-state index in [0.29, 0.717) is 11.4 Å². The number of phenolic OH excluding ortho intramolecular Hbond substituents is 1. The summed E-state index contributed by atoms with van der Waals surface area (Å²) < 4.78 is 4.66. The largest absolute Gasteiger partial charge is 0.507 e. The van der Waals surface area contributed by atoms with Crippen LogP contribution in [0.3, 0.4) is 0 Å². The molecule has 0 atom stereocenters. The third-order valence-corrected chi connectivity index (χ3v) is 11.6. The Bertz CT molecular complexity index is 3330. The summed E-state index contributed by atoms with van der Waals surface area (Å²) in [6, 6.07) is 57.3. The van der Waals surface area contributed by atoms with Gasteiger partial charge in [0.25, 0.3) is 0 Å². The Balaban J connectivity index is 1.24. The van der Waals surface area contributed by atoms with Crippen molar-refractivity contribution >= 4 is 49.1 Å². The lowest BCUT2D eigenvalue weighted by Gasteiger charge is -2.23. The lowest BCUT2D eigenvalue weighted by Crippen LogP contribution is -2.12. The van der Waals surface area contributed by atoms with Crippen LogP contribution in [0.1, 0.15) is 26.3 Å². The number of fused-ring (bicyclic) bond motifs is 7. The van der Waals surface area contributed by atoms with Gasteiger partial charge in [-0.25, -0.2) is 4.98 Å². The van der Waals surface area contributed by atoms with E-state index in [2.05, 4.69) is 163 Å². The molecule has 0 amide bonds. The smallest absolute Gasteiger partial charge is 0.149 e. The first-order valence-electron chi connectivity index (χ1n) is 19.5. The van der Waals surface area contributed by atoms with Crippen molar-refractivity contribution in [3.8, 4) is 56.3 Å². The second-order valence-electron chi connectivity index (χ2n) is 16.0. The minimum absolute atomic E-state index is 0.0524. The maximum atomic E-state index is 11.4. The highest BCUT2D eigenvalue weighted by atomic mass is 16.3. The van der Waals surface area contributed by atoms with Gasteiger partial charge in [0.15, 0.2) is 0 Å². The molecule has 4 heterocycles. The van der Waals surface area contributed by atoms with Crippen molar-refractivity contribution in [2.45, 2.75) is 26.2 Å². The van der Waals surface area contributed by atoms with Crippen molar-refractivity contribution < 1.29 is 5.11 Å². The zero-order valence-corrected chi connectivity index (χ0v) is 31.9. The molecule has 5 nitrogen and oxygen atoms in total. The molecule has 0 saturated carbocycles. The molecule has 7 aromatic carbocycles. The van der Waals surface area contributed by atoms with Gasteiger partial charge in [-0.2, -0.15) is 0 Å². The number of aromatic nitrogens is 4. The fraction of sp³-hybridized carbons (Fsp3) is 0.0769. The summed E-state index contributed by atoms with van der Waals surface area (Å²) in [6.45, 7) is 6.75. The molecule has 0 saturated heterocycles. The average molecular weight is 735 g/mol. The highest BCUT2D eigenvalue weighted by Gasteiger charge is 2.26. The second kappa shape index (κ2) is 12.4. The zero-order chi connectivity index (χ0) is 38.4. The SMILES string of the molecule is CC(C)(C)c1ccc(-n2c(-c3ccccc3O)nc3c(-c4cc(-c5ccccn5)c5c(c4)c4cccc6c7ccccc7n5c64)cccc32)c(-c2ccccc2)c1. The maximum Gasteiger partial charge on any atom is 0.149 e. The van der Waals surface area contributed by atoms with Crippen molar-refractivity contribution in [1.29, 1.82) is 0 Å². The van der Waals surface area contributed by atoms with E-state index in [-0.39, 0.29) is 11.2 Å². The molecule has 57 heavy (non-hydrogen) atoms. The van der Waals surface area contributed by atoms with Gasteiger partial charge in [0.1, 0.15) is 11.6 Å². The number of benzene rings is 7. The Hall–Kier alpha value is -7.24. The number of imidazole rings is 1. The van der Waals surface area contributed by atoms with E-state index < -0.39 is 0 Å². The molecule has 0 aliphatic carbocycles. The minimum atomic E-state index is -0.0524. The van der Waals surface area contributed by atoms with Crippen LogP contribution >= 0.6 is 0 Å². The lowest BCUT2D eigenvalue weighted by atomic mass is 9.85. The van der Waals surface area contributed by atoms with E-state index in [4.69, 9.17) is 9.97 Å². The van der Waals surface area contributed by atoms with Gasteiger partial charge in [-0.1, -0.05) is 124 Å². The second-order valence-corrected chi connectivity index (χ2v) is 16.0. The fourth-order valence-corrected chi connectivity index (χ4v) is 8.89. The normalized spacial score (nSPS) is 12.2. The Kier molecular flexibility index (Phi) is 7.20. The highest BCUT2D eigenvalue weighted by Crippen LogP contribution is 2.46. The third-order valence-electron chi connectivity index (χ3n) is 11.6. The molecule has 0 aliphatic rings. The van der Waals surface area contributed by atoms with Gasteiger partial charge in [0.2, 0.25) is 0 Å². The molecule has 5 heteroatoms. The number of rotatable bonds is 5. The van der Waals surface area contributed by atoms with Gasteiger partial charge in [0.05, 0.1) is 44.5 Å². The van der Waals surface area contributed by atoms with Crippen molar-refractivity contribution in [1.82, 2.24) is 18.9 Å². The van der Waals surface area contributed by atoms with Gasteiger partial charge in [-0.15, -0.1) is 0 Å². The summed E-state index contributed by atoms with van der Waals surface area (Å²) in [5.41, 5.74) is 14.4. The molecule has 4 aromatic heterocycles. The van der Waals surface area contributed by atoms with E-state index >= 15 is 0 Å². The molecule has 0 aliphatic heterocycles. The molecular formula is C52H38N4O. The molecule has 0 radical (unpaired) electrons. The summed E-state index contributed by atoms with van der Waals surface area (Å²) >= 11 is 0. The predicted octanol–water partition coefficient (Wildman–Crippen LogP) is 13.2. The van der Waals surface area contributed by atoms with Crippen LogP contribution in [0.2, 0.25) is 0 Å². The van der Waals surface area contributed by atoms with Crippen molar-refractivity contribution in [3.05, 3.63) is 176 Å². The van der Waals surface area contributed by atoms with Crippen LogP contribution < -0.4 is 0 Å². The van der Waals surface area contributed by atoms with Crippen molar-refractivity contribution in [2.24, 2.45) is 0 Å².